The first kappa shape index (κ1) is 13.3. The van der Waals surface area contributed by atoms with Gasteiger partial charge >= 0.3 is 0 Å². The number of nitrogens with zero attached hydrogens (tertiary/aromatic N) is 1. The fraction of sp³-hybridized carbons (Fsp3) is 1.00. The van der Waals surface area contributed by atoms with Gasteiger partial charge in [0.05, 0.1) is 12.2 Å². The van der Waals surface area contributed by atoms with Crippen LogP contribution in [-0.4, -0.2) is 55.0 Å². The molecule has 0 aromatic rings. The zero-order valence-corrected chi connectivity index (χ0v) is 11.0. The lowest BCUT2D eigenvalue weighted by Crippen LogP contribution is -2.60. The summed E-state index contributed by atoms with van der Waals surface area (Å²) in [7, 11) is 0. The minimum atomic E-state index is -0.617. The van der Waals surface area contributed by atoms with Gasteiger partial charge in [-0.05, 0) is 32.2 Å². The molecule has 1 unspecified atom stereocenters. The summed E-state index contributed by atoms with van der Waals surface area (Å²) in [6.07, 6.45) is 3.70. The molecule has 1 atom stereocenters. The van der Waals surface area contributed by atoms with Crippen molar-refractivity contribution in [3.63, 3.8) is 0 Å². The zero-order valence-electron chi connectivity index (χ0n) is 11.0. The summed E-state index contributed by atoms with van der Waals surface area (Å²) in [6, 6.07) is 0. The van der Waals surface area contributed by atoms with Crippen molar-refractivity contribution in [2.45, 2.75) is 38.2 Å². The molecule has 2 aliphatic heterocycles. The van der Waals surface area contributed by atoms with E-state index in [1.54, 1.807) is 0 Å². The summed E-state index contributed by atoms with van der Waals surface area (Å²) >= 11 is 0. The van der Waals surface area contributed by atoms with E-state index >= 15 is 0 Å². The number of aliphatic hydroxyl groups is 1. The molecule has 0 aromatic carbocycles. The first-order valence-corrected chi connectivity index (χ1v) is 6.88. The van der Waals surface area contributed by atoms with Gasteiger partial charge in [0.1, 0.15) is 0 Å². The first-order valence-electron chi connectivity index (χ1n) is 6.88. The van der Waals surface area contributed by atoms with Crippen LogP contribution in [0.15, 0.2) is 0 Å². The second kappa shape index (κ2) is 5.22. The molecule has 2 fully saturated rings. The van der Waals surface area contributed by atoms with E-state index in [4.69, 9.17) is 10.5 Å². The molecule has 0 bridgehead atoms. The molecule has 2 aliphatic rings. The van der Waals surface area contributed by atoms with E-state index in [0.29, 0.717) is 13.2 Å². The smallest absolute Gasteiger partial charge is 0.0762 e. The summed E-state index contributed by atoms with van der Waals surface area (Å²) in [4.78, 5) is 2.39. The number of piperidine rings is 1. The third-order valence-corrected chi connectivity index (χ3v) is 4.83. The Labute approximate surface area is 104 Å². The average Bonchev–Trinajstić information content (AvgIpc) is 2.40. The highest BCUT2D eigenvalue weighted by molar-refractivity contribution is 5.03. The van der Waals surface area contributed by atoms with Crippen LogP contribution in [-0.2, 0) is 4.74 Å². The Kier molecular flexibility index (Phi) is 4.08. The van der Waals surface area contributed by atoms with Gasteiger partial charge in [-0.1, -0.05) is 6.92 Å². The standard InChI is InChI=1S/C13H26N2O2/c1-2-15-7-5-13(16,6-8-15)12(10-14)4-3-9-17-11-12/h16H,2-11,14H2,1H3. The Balaban J connectivity index is 2.08. The van der Waals surface area contributed by atoms with Crippen LogP contribution in [0, 0.1) is 5.41 Å². The van der Waals surface area contributed by atoms with Gasteiger partial charge in [0, 0.05) is 31.7 Å². The predicted octanol–water partition coefficient (Wildman–Crippen LogP) is 0.589. The van der Waals surface area contributed by atoms with Crippen molar-refractivity contribution in [3.05, 3.63) is 0 Å². The molecule has 3 N–H and O–H groups in total. The fourth-order valence-electron chi connectivity index (χ4n) is 3.34. The van der Waals surface area contributed by atoms with Crippen LogP contribution in [0.4, 0.5) is 0 Å². The molecule has 100 valence electrons. The molecule has 4 heteroatoms. The molecule has 4 nitrogen and oxygen atoms in total. The molecule has 0 spiro atoms. The molecule has 2 rings (SSSR count). The highest BCUT2D eigenvalue weighted by Crippen LogP contribution is 2.44. The quantitative estimate of drug-likeness (QED) is 0.760. The molecular formula is C13H26N2O2. The summed E-state index contributed by atoms with van der Waals surface area (Å²) in [6.45, 7) is 7.19. The Bertz CT molecular complexity index is 244. The molecule has 0 aliphatic carbocycles. The predicted molar refractivity (Wildman–Crippen MR) is 67.8 cm³/mol. The van der Waals surface area contributed by atoms with Crippen molar-refractivity contribution in [3.8, 4) is 0 Å². The minimum absolute atomic E-state index is 0.203. The zero-order chi connectivity index (χ0) is 12.4. The second-order valence-corrected chi connectivity index (χ2v) is 5.61. The van der Waals surface area contributed by atoms with E-state index < -0.39 is 5.60 Å². The number of hydrogen-bond donors (Lipinski definition) is 2. The number of nitrogens with two attached hydrogens (primary N) is 1. The number of hydrogen-bond acceptors (Lipinski definition) is 4. The minimum Gasteiger partial charge on any atom is -0.389 e. The molecule has 2 heterocycles. The van der Waals surface area contributed by atoms with Gasteiger partial charge in [0.2, 0.25) is 0 Å². The van der Waals surface area contributed by atoms with Crippen LogP contribution >= 0.6 is 0 Å². The van der Waals surface area contributed by atoms with Gasteiger partial charge in [0.25, 0.3) is 0 Å². The summed E-state index contributed by atoms with van der Waals surface area (Å²) in [5, 5.41) is 11.0. The topological polar surface area (TPSA) is 58.7 Å². The Hall–Kier alpha value is -0.160. The summed E-state index contributed by atoms with van der Waals surface area (Å²) in [5.41, 5.74) is 5.15. The van der Waals surface area contributed by atoms with Crippen molar-refractivity contribution < 1.29 is 9.84 Å². The van der Waals surface area contributed by atoms with E-state index in [1.807, 2.05) is 0 Å². The second-order valence-electron chi connectivity index (χ2n) is 5.61. The van der Waals surface area contributed by atoms with Crippen LogP contribution in [0.25, 0.3) is 0 Å². The van der Waals surface area contributed by atoms with Crippen LogP contribution in [0.5, 0.6) is 0 Å². The first-order chi connectivity index (χ1) is 8.16. The molecule has 0 saturated carbocycles. The van der Waals surface area contributed by atoms with E-state index in [2.05, 4.69) is 11.8 Å². The maximum Gasteiger partial charge on any atom is 0.0762 e. The maximum atomic E-state index is 11.0. The molecule has 17 heavy (non-hydrogen) atoms. The van der Waals surface area contributed by atoms with Crippen LogP contribution in [0.3, 0.4) is 0 Å². The van der Waals surface area contributed by atoms with E-state index in [1.165, 1.54) is 0 Å². The van der Waals surface area contributed by atoms with E-state index in [0.717, 1.165) is 51.9 Å². The third kappa shape index (κ3) is 2.36. The Morgan fingerprint density at radius 3 is 2.47 bits per heavy atom. The normalized spacial score (nSPS) is 34.8. The molecule has 0 aromatic heterocycles. The lowest BCUT2D eigenvalue weighted by atomic mass is 9.64. The average molecular weight is 242 g/mol. The van der Waals surface area contributed by atoms with Crippen molar-refractivity contribution >= 4 is 0 Å². The van der Waals surface area contributed by atoms with Gasteiger partial charge < -0.3 is 20.5 Å². The van der Waals surface area contributed by atoms with E-state index in [9.17, 15) is 5.11 Å². The summed E-state index contributed by atoms with van der Waals surface area (Å²) < 4.78 is 5.59. The van der Waals surface area contributed by atoms with Crippen molar-refractivity contribution in [1.29, 1.82) is 0 Å². The lowest BCUT2D eigenvalue weighted by Gasteiger charge is -2.52. The highest BCUT2D eigenvalue weighted by atomic mass is 16.5. The van der Waals surface area contributed by atoms with Crippen molar-refractivity contribution in [1.82, 2.24) is 4.90 Å². The van der Waals surface area contributed by atoms with Crippen LogP contribution in [0.1, 0.15) is 32.6 Å². The summed E-state index contributed by atoms with van der Waals surface area (Å²) in [5.74, 6) is 0. The van der Waals surface area contributed by atoms with Gasteiger partial charge in [0.15, 0.2) is 0 Å². The van der Waals surface area contributed by atoms with Gasteiger partial charge in [-0.2, -0.15) is 0 Å². The Morgan fingerprint density at radius 2 is 2.00 bits per heavy atom. The monoisotopic (exact) mass is 242 g/mol. The van der Waals surface area contributed by atoms with Gasteiger partial charge in [-0.3, -0.25) is 0 Å². The highest BCUT2D eigenvalue weighted by Gasteiger charge is 2.51. The number of likely N-dealkylation sites (tertiary alicyclic amines) is 1. The van der Waals surface area contributed by atoms with Crippen molar-refractivity contribution in [2.75, 3.05) is 39.4 Å². The maximum absolute atomic E-state index is 11.0. The van der Waals surface area contributed by atoms with E-state index in [-0.39, 0.29) is 5.41 Å². The van der Waals surface area contributed by atoms with Crippen molar-refractivity contribution in [2.24, 2.45) is 11.1 Å². The van der Waals surface area contributed by atoms with Gasteiger partial charge in [-0.15, -0.1) is 0 Å². The molecule has 2 saturated heterocycles. The van der Waals surface area contributed by atoms with Crippen LogP contribution in [0.2, 0.25) is 0 Å². The number of rotatable bonds is 3. The van der Waals surface area contributed by atoms with Gasteiger partial charge in [-0.25, -0.2) is 0 Å². The molecular weight excluding hydrogens is 216 g/mol. The molecule has 0 radical (unpaired) electrons. The largest absolute Gasteiger partial charge is 0.389 e. The Morgan fingerprint density at radius 1 is 1.29 bits per heavy atom. The third-order valence-electron chi connectivity index (χ3n) is 4.83. The fourth-order valence-corrected chi connectivity index (χ4v) is 3.34. The number of ether oxygens (including phenoxy) is 1. The lowest BCUT2D eigenvalue weighted by molar-refractivity contribution is -0.165. The van der Waals surface area contributed by atoms with Crippen LogP contribution < -0.4 is 5.73 Å². The molecule has 0 amide bonds. The SMILES string of the molecule is CCN1CCC(O)(C2(CN)CCCOC2)CC1.